The number of hydrogen-bond donors (Lipinski definition) is 1. The summed E-state index contributed by atoms with van der Waals surface area (Å²) in [5.74, 6) is -1.80. The first-order chi connectivity index (χ1) is 6.59. The summed E-state index contributed by atoms with van der Waals surface area (Å²) in [6.45, 7) is 1.74. The van der Waals surface area contributed by atoms with Crippen LogP contribution in [0.1, 0.15) is 5.69 Å². The number of aromatic nitrogens is 1. The molecule has 0 saturated carbocycles. The fraction of sp³-hybridized carbons (Fsp3) is 0.143. The van der Waals surface area contributed by atoms with Crippen LogP contribution >= 0.6 is 11.3 Å². The smallest absolute Gasteiger partial charge is 0.269 e. The van der Waals surface area contributed by atoms with Crippen LogP contribution in [-0.4, -0.2) is 22.8 Å². The highest BCUT2D eigenvalue weighted by molar-refractivity contribution is 7.14. The first-order valence-electron chi connectivity index (χ1n) is 3.71. The third-order valence-corrected chi connectivity index (χ3v) is 2.56. The van der Waals surface area contributed by atoms with Crippen molar-refractivity contribution in [3.8, 4) is 0 Å². The van der Waals surface area contributed by atoms with E-state index >= 15 is 0 Å². The standard InChI is InChI=1S/C7H5N3O3S/c1-3-2-14-7(8-3)10-5(12)4(11)9-6(10)13/h2H,1H3,(H,9,11,13). The van der Waals surface area contributed by atoms with Crippen molar-refractivity contribution in [2.45, 2.75) is 6.92 Å². The number of aryl methyl sites for hydroxylation is 1. The molecule has 0 bridgehead atoms. The monoisotopic (exact) mass is 211 g/mol. The van der Waals surface area contributed by atoms with E-state index in [0.29, 0.717) is 5.69 Å². The molecule has 1 saturated heterocycles. The number of hydrogen-bond acceptors (Lipinski definition) is 5. The lowest BCUT2D eigenvalue weighted by Gasteiger charge is -2.04. The van der Waals surface area contributed by atoms with E-state index in [0.717, 1.165) is 16.2 Å². The second-order valence-electron chi connectivity index (χ2n) is 2.67. The van der Waals surface area contributed by atoms with Gasteiger partial charge in [-0.2, -0.15) is 4.90 Å². The fourth-order valence-corrected chi connectivity index (χ4v) is 1.81. The number of thiazole rings is 1. The van der Waals surface area contributed by atoms with Gasteiger partial charge in [-0.3, -0.25) is 14.9 Å². The van der Waals surface area contributed by atoms with Gasteiger partial charge < -0.3 is 0 Å². The van der Waals surface area contributed by atoms with Crippen LogP contribution in [0.2, 0.25) is 0 Å². The molecule has 0 unspecified atom stereocenters. The summed E-state index contributed by atoms with van der Waals surface area (Å²) in [4.78, 5) is 37.8. The number of nitrogens with one attached hydrogen (secondary N) is 1. The van der Waals surface area contributed by atoms with Crippen LogP contribution < -0.4 is 10.2 Å². The van der Waals surface area contributed by atoms with Crippen LogP contribution in [0.3, 0.4) is 0 Å². The molecular formula is C7H5N3O3S. The molecule has 0 spiro atoms. The predicted octanol–water partition coefficient (Wildman–Crippen LogP) is 0.0343. The Labute approximate surface area is 82.5 Å². The minimum absolute atomic E-state index is 0.218. The maximum atomic E-state index is 11.2. The van der Waals surface area contributed by atoms with E-state index in [9.17, 15) is 14.4 Å². The van der Waals surface area contributed by atoms with Gasteiger partial charge in [-0.1, -0.05) is 0 Å². The largest absolute Gasteiger partial charge is 0.338 e. The van der Waals surface area contributed by atoms with E-state index in [1.165, 1.54) is 0 Å². The highest BCUT2D eigenvalue weighted by Crippen LogP contribution is 2.22. The zero-order valence-corrected chi connectivity index (χ0v) is 7.92. The normalized spacial score (nSPS) is 16.4. The Bertz CT molecular complexity index is 439. The van der Waals surface area contributed by atoms with Crippen molar-refractivity contribution in [2.75, 3.05) is 4.90 Å². The summed E-state index contributed by atoms with van der Waals surface area (Å²) < 4.78 is 0. The zero-order chi connectivity index (χ0) is 10.3. The Balaban J connectivity index is 2.40. The molecular weight excluding hydrogens is 206 g/mol. The molecule has 0 atom stereocenters. The molecule has 1 aromatic rings. The lowest BCUT2D eigenvalue weighted by molar-refractivity contribution is -0.134. The molecule has 72 valence electrons. The zero-order valence-electron chi connectivity index (χ0n) is 7.10. The number of nitrogens with zero attached hydrogens (tertiary/aromatic N) is 2. The summed E-state index contributed by atoms with van der Waals surface area (Å²) in [6, 6.07) is -0.741. The molecule has 1 aliphatic heterocycles. The van der Waals surface area contributed by atoms with E-state index in [2.05, 4.69) is 4.98 Å². The third-order valence-electron chi connectivity index (χ3n) is 1.62. The van der Waals surface area contributed by atoms with Crippen LogP contribution in [-0.2, 0) is 9.59 Å². The van der Waals surface area contributed by atoms with Crippen molar-refractivity contribution < 1.29 is 14.4 Å². The van der Waals surface area contributed by atoms with Crippen LogP contribution in [0, 0.1) is 6.92 Å². The molecule has 1 aliphatic rings. The van der Waals surface area contributed by atoms with E-state index in [1.807, 2.05) is 5.32 Å². The molecule has 1 N–H and O–H groups in total. The molecule has 6 nitrogen and oxygen atoms in total. The number of carbonyl (C=O) groups excluding carboxylic acids is 3. The van der Waals surface area contributed by atoms with Crippen molar-refractivity contribution in [1.82, 2.24) is 10.3 Å². The number of amides is 4. The topological polar surface area (TPSA) is 79.4 Å². The summed E-state index contributed by atoms with van der Waals surface area (Å²) in [6.07, 6.45) is 0. The summed E-state index contributed by atoms with van der Waals surface area (Å²) in [5, 5.41) is 3.80. The quantitative estimate of drug-likeness (QED) is 0.525. The van der Waals surface area contributed by atoms with E-state index in [1.54, 1.807) is 12.3 Å². The first kappa shape index (κ1) is 8.82. The molecule has 4 amide bonds. The van der Waals surface area contributed by atoms with Crippen molar-refractivity contribution in [3.63, 3.8) is 0 Å². The summed E-state index contributed by atoms with van der Waals surface area (Å²) in [5.41, 5.74) is 0.699. The van der Waals surface area contributed by atoms with Gasteiger partial charge in [0.1, 0.15) is 0 Å². The third kappa shape index (κ3) is 1.18. The molecule has 1 aromatic heterocycles. The molecule has 1 fully saturated rings. The number of anilines is 1. The molecule has 0 radical (unpaired) electrons. The second kappa shape index (κ2) is 2.88. The molecule has 2 rings (SSSR count). The van der Waals surface area contributed by atoms with E-state index in [-0.39, 0.29) is 5.13 Å². The van der Waals surface area contributed by atoms with Gasteiger partial charge in [-0.05, 0) is 6.92 Å². The highest BCUT2D eigenvalue weighted by Gasteiger charge is 2.39. The van der Waals surface area contributed by atoms with Crippen molar-refractivity contribution in [3.05, 3.63) is 11.1 Å². The Kier molecular flexibility index (Phi) is 1.81. The molecule has 0 aliphatic carbocycles. The summed E-state index contributed by atoms with van der Waals surface area (Å²) >= 11 is 1.14. The average molecular weight is 211 g/mol. The first-order valence-corrected chi connectivity index (χ1v) is 4.59. The van der Waals surface area contributed by atoms with Crippen LogP contribution in [0.25, 0.3) is 0 Å². The maximum Gasteiger partial charge on any atom is 0.338 e. The number of imide groups is 2. The summed E-state index contributed by atoms with van der Waals surface area (Å²) in [7, 11) is 0. The minimum Gasteiger partial charge on any atom is -0.269 e. The number of rotatable bonds is 1. The second-order valence-corrected chi connectivity index (χ2v) is 3.51. The molecule has 7 heteroatoms. The predicted molar refractivity (Wildman–Crippen MR) is 47.9 cm³/mol. The Morgan fingerprint density at radius 2 is 2.14 bits per heavy atom. The Morgan fingerprint density at radius 3 is 2.57 bits per heavy atom. The van der Waals surface area contributed by atoms with E-state index < -0.39 is 17.8 Å². The highest BCUT2D eigenvalue weighted by atomic mass is 32.1. The Morgan fingerprint density at radius 1 is 1.43 bits per heavy atom. The van der Waals surface area contributed by atoms with Gasteiger partial charge in [0.25, 0.3) is 0 Å². The van der Waals surface area contributed by atoms with Gasteiger partial charge in [0.2, 0.25) is 5.13 Å². The van der Waals surface area contributed by atoms with Crippen molar-refractivity contribution in [1.29, 1.82) is 0 Å². The molecule has 14 heavy (non-hydrogen) atoms. The average Bonchev–Trinajstić information content (AvgIpc) is 2.60. The van der Waals surface area contributed by atoms with Gasteiger partial charge >= 0.3 is 17.8 Å². The molecule has 0 aromatic carbocycles. The van der Waals surface area contributed by atoms with E-state index in [4.69, 9.17) is 0 Å². The van der Waals surface area contributed by atoms with Gasteiger partial charge in [-0.25, -0.2) is 9.78 Å². The van der Waals surface area contributed by atoms with Gasteiger partial charge in [0, 0.05) is 5.38 Å². The lowest BCUT2D eigenvalue weighted by Crippen LogP contribution is -2.30. The van der Waals surface area contributed by atoms with Crippen LogP contribution in [0.5, 0.6) is 0 Å². The Hall–Kier alpha value is -1.76. The number of urea groups is 1. The van der Waals surface area contributed by atoms with Crippen molar-refractivity contribution >= 4 is 34.3 Å². The fourth-order valence-electron chi connectivity index (χ4n) is 1.02. The van der Waals surface area contributed by atoms with Gasteiger partial charge in [0.15, 0.2) is 0 Å². The van der Waals surface area contributed by atoms with Crippen LogP contribution in [0.4, 0.5) is 9.93 Å². The number of carbonyl (C=O) groups is 3. The van der Waals surface area contributed by atoms with Crippen LogP contribution in [0.15, 0.2) is 5.38 Å². The van der Waals surface area contributed by atoms with Gasteiger partial charge in [-0.15, -0.1) is 11.3 Å². The van der Waals surface area contributed by atoms with Gasteiger partial charge in [0.05, 0.1) is 5.69 Å². The SMILES string of the molecule is Cc1csc(N2C(=O)NC(=O)C2=O)n1. The minimum atomic E-state index is -0.914. The lowest BCUT2D eigenvalue weighted by atomic mass is 10.6. The maximum absolute atomic E-state index is 11.2. The van der Waals surface area contributed by atoms with Crippen molar-refractivity contribution in [2.24, 2.45) is 0 Å². The molecule has 2 heterocycles.